The summed E-state index contributed by atoms with van der Waals surface area (Å²) in [6.07, 6.45) is -8.81. The van der Waals surface area contributed by atoms with E-state index in [-0.39, 0.29) is 0 Å². The molecule has 0 fully saturated rings. The van der Waals surface area contributed by atoms with E-state index >= 15 is 0 Å². The number of rotatable bonds is 4. The molecule has 20 heavy (non-hydrogen) atoms. The van der Waals surface area contributed by atoms with E-state index in [1.807, 2.05) is 0 Å². The van der Waals surface area contributed by atoms with Gasteiger partial charge in [-0.05, 0) is 18.1 Å². The summed E-state index contributed by atoms with van der Waals surface area (Å²) in [5.41, 5.74) is -3.68. The summed E-state index contributed by atoms with van der Waals surface area (Å²) in [7, 11) is 0. The summed E-state index contributed by atoms with van der Waals surface area (Å²) < 4.78 is 81.1. The number of pyridine rings is 1. The van der Waals surface area contributed by atoms with Crippen LogP contribution in [0, 0.1) is 5.92 Å². The second-order valence-corrected chi connectivity index (χ2v) is 4.51. The first-order chi connectivity index (χ1) is 9.01. The first-order valence-electron chi connectivity index (χ1n) is 5.69. The topological polar surface area (TPSA) is 22.1 Å². The molecule has 1 atom stereocenters. The van der Waals surface area contributed by atoms with Gasteiger partial charge in [0.05, 0.1) is 5.69 Å². The molecule has 0 aliphatic rings. The zero-order valence-corrected chi connectivity index (χ0v) is 10.7. The van der Waals surface area contributed by atoms with E-state index in [0.29, 0.717) is 0 Å². The summed E-state index contributed by atoms with van der Waals surface area (Å²) in [5.74, 6) is -1.28. The van der Waals surface area contributed by atoms with Gasteiger partial charge in [0.15, 0.2) is 0 Å². The lowest BCUT2D eigenvalue weighted by Crippen LogP contribution is -2.51. The van der Waals surface area contributed by atoms with Gasteiger partial charge in [0.1, 0.15) is 6.61 Å². The third-order valence-corrected chi connectivity index (χ3v) is 2.74. The van der Waals surface area contributed by atoms with Crippen molar-refractivity contribution < 1.29 is 31.1 Å². The molecule has 0 aromatic carbocycles. The highest BCUT2D eigenvalue weighted by atomic mass is 19.4. The molecule has 1 unspecified atom stereocenters. The van der Waals surface area contributed by atoms with Gasteiger partial charge in [-0.2, -0.15) is 26.3 Å². The maximum Gasteiger partial charge on any atom is 0.423 e. The zero-order valence-electron chi connectivity index (χ0n) is 10.7. The van der Waals surface area contributed by atoms with Crippen molar-refractivity contribution in [3.05, 3.63) is 30.1 Å². The van der Waals surface area contributed by atoms with Crippen molar-refractivity contribution in [2.75, 3.05) is 6.61 Å². The summed E-state index contributed by atoms with van der Waals surface area (Å²) in [4.78, 5) is 3.53. The molecule has 0 saturated heterocycles. The Bertz CT molecular complexity index is 428. The lowest BCUT2D eigenvalue weighted by atomic mass is 9.85. The Labute approximate surface area is 111 Å². The number of ether oxygens (including phenoxy) is 1. The smallest absolute Gasteiger partial charge is 0.350 e. The van der Waals surface area contributed by atoms with Gasteiger partial charge in [-0.3, -0.25) is 4.98 Å². The minimum Gasteiger partial charge on any atom is -0.350 e. The monoisotopic (exact) mass is 301 g/mol. The summed E-state index contributed by atoms with van der Waals surface area (Å²) in [6.45, 7) is 0.276. The molecule has 0 aliphatic carbocycles. The van der Waals surface area contributed by atoms with Gasteiger partial charge < -0.3 is 4.74 Å². The minimum atomic E-state index is -5.03. The second kappa shape index (κ2) is 5.59. The van der Waals surface area contributed by atoms with E-state index in [1.54, 1.807) is 0 Å². The van der Waals surface area contributed by atoms with E-state index in [0.717, 1.165) is 26.1 Å². The zero-order chi connectivity index (χ0) is 15.6. The number of nitrogens with zero attached hydrogens (tertiary/aromatic N) is 1. The molecular weight excluding hydrogens is 288 g/mol. The summed E-state index contributed by atoms with van der Waals surface area (Å²) in [6, 6.07) is 3.64. The summed E-state index contributed by atoms with van der Waals surface area (Å²) >= 11 is 0. The van der Waals surface area contributed by atoms with Crippen LogP contribution in [0.15, 0.2) is 24.4 Å². The second-order valence-electron chi connectivity index (χ2n) is 4.51. The Hall–Kier alpha value is -1.31. The standard InChI is InChI=1S/C12H13F6NO/c1-8(2)11(12(16,17)18,20-7-10(13,14)15)9-5-3-4-6-19-9/h3-6,8H,7H2,1-2H3. The Balaban J connectivity index is 3.31. The van der Waals surface area contributed by atoms with E-state index in [2.05, 4.69) is 9.72 Å². The molecule has 2 nitrogen and oxygen atoms in total. The average Bonchev–Trinajstić information content (AvgIpc) is 2.27. The van der Waals surface area contributed by atoms with Crippen LogP contribution in [-0.2, 0) is 10.3 Å². The molecule has 1 aromatic heterocycles. The van der Waals surface area contributed by atoms with E-state index in [1.165, 1.54) is 12.1 Å². The Morgan fingerprint density at radius 3 is 2.05 bits per heavy atom. The normalized spacial score (nSPS) is 16.2. The van der Waals surface area contributed by atoms with Crippen LogP contribution in [0.2, 0.25) is 0 Å². The van der Waals surface area contributed by atoms with Crippen molar-refractivity contribution in [3.8, 4) is 0 Å². The molecule has 1 rings (SSSR count). The predicted molar refractivity (Wildman–Crippen MR) is 58.8 cm³/mol. The number of aromatic nitrogens is 1. The van der Waals surface area contributed by atoms with Gasteiger partial charge in [0.2, 0.25) is 5.60 Å². The maximum absolute atomic E-state index is 13.4. The van der Waals surface area contributed by atoms with Crippen LogP contribution < -0.4 is 0 Å². The molecule has 8 heteroatoms. The van der Waals surface area contributed by atoms with Crippen LogP contribution in [0.25, 0.3) is 0 Å². The lowest BCUT2D eigenvalue weighted by Gasteiger charge is -2.38. The van der Waals surface area contributed by atoms with Crippen LogP contribution in [0.3, 0.4) is 0 Å². The molecular formula is C12H13F6NO. The first kappa shape index (κ1) is 16.7. The van der Waals surface area contributed by atoms with Crippen molar-refractivity contribution in [1.29, 1.82) is 0 Å². The van der Waals surface area contributed by atoms with Gasteiger partial charge in [0, 0.05) is 6.20 Å². The fraction of sp³-hybridized carbons (Fsp3) is 0.583. The van der Waals surface area contributed by atoms with Crippen molar-refractivity contribution in [2.45, 2.75) is 31.8 Å². The maximum atomic E-state index is 13.4. The van der Waals surface area contributed by atoms with Gasteiger partial charge >= 0.3 is 12.4 Å². The average molecular weight is 301 g/mol. The van der Waals surface area contributed by atoms with Gasteiger partial charge in [-0.25, -0.2) is 0 Å². The van der Waals surface area contributed by atoms with Crippen molar-refractivity contribution >= 4 is 0 Å². The highest BCUT2D eigenvalue weighted by Crippen LogP contribution is 2.47. The quantitative estimate of drug-likeness (QED) is 0.782. The van der Waals surface area contributed by atoms with Gasteiger partial charge in [-0.1, -0.05) is 19.9 Å². The molecule has 114 valence electrons. The fourth-order valence-corrected chi connectivity index (χ4v) is 1.87. The fourth-order valence-electron chi connectivity index (χ4n) is 1.87. The number of hydrogen-bond donors (Lipinski definition) is 0. The third-order valence-electron chi connectivity index (χ3n) is 2.74. The van der Waals surface area contributed by atoms with Crippen LogP contribution in [-0.4, -0.2) is 23.9 Å². The molecule has 0 radical (unpaired) electrons. The lowest BCUT2D eigenvalue weighted by molar-refractivity contribution is -0.325. The number of alkyl halides is 6. The predicted octanol–water partition coefficient (Wildman–Crippen LogP) is 4.07. The van der Waals surface area contributed by atoms with Crippen molar-refractivity contribution in [2.24, 2.45) is 5.92 Å². The Morgan fingerprint density at radius 1 is 1.10 bits per heavy atom. The van der Waals surface area contributed by atoms with Crippen LogP contribution >= 0.6 is 0 Å². The van der Waals surface area contributed by atoms with Crippen molar-refractivity contribution in [1.82, 2.24) is 4.98 Å². The third kappa shape index (κ3) is 3.41. The van der Waals surface area contributed by atoms with E-state index in [4.69, 9.17) is 0 Å². The van der Waals surface area contributed by atoms with Crippen LogP contribution in [0.1, 0.15) is 19.5 Å². The molecule has 1 aromatic rings. The number of halogens is 6. The molecule has 1 heterocycles. The van der Waals surface area contributed by atoms with Crippen LogP contribution in [0.4, 0.5) is 26.3 Å². The SMILES string of the molecule is CC(C)C(OCC(F)(F)F)(c1ccccn1)C(F)(F)F. The Kier molecular flexibility index (Phi) is 4.68. The highest BCUT2D eigenvalue weighted by molar-refractivity contribution is 5.17. The largest absolute Gasteiger partial charge is 0.423 e. The van der Waals surface area contributed by atoms with E-state index < -0.39 is 36.2 Å². The number of hydrogen-bond acceptors (Lipinski definition) is 2. The molecule has 0 N–H and O–H groups in total. The molecule has 0 bridgehead atoms. The first-order valence-corrected chi connectivity index (χ1v) is 5.69. The van der Waals surface area contributed by atoms with Crippen molar-refractivity contribution in [3.63, 3.8) is 0 Å². The minimum absolute atomic E-state index is 0.591. The molecule has 0 saturated carbocycles. The molecule has 0 amide bonds. The van der Waals surface area contributed by atoms with Gasteiger partial charge in [-0.15, -0.1) is 0 Å². The van der Waals surface area contributed by atoms with Crippen LogP contribution in [0.5, 0.6) is 0 Å². The molecule has 0 spiro atoms. The Morgan fingerprint density at radius 2 is 1.70 bits per heavy atom. The molecule has 0 aliphatic heterocycles. The highest BCUT2D eigenvalue weighted by Gasteiger charge is 2.61. The van der Waals surface area contributed by atoms with E-state index in [9.17, 15) is 26.3 Å². The summed E-state index contributed by atoms with van der Waals surface area (Å²) in [5, 5.41) is 0. The van der Waals surface area contributed by atoms with Gasteiger partial charge in [0.25, 0.3) is 0 Å².